The Kier molecular flexibility index (Phi) is 3.47. The molecule has 2 unspecified atom stereocenters. The van der Waals surface area contributed by atoms with Crippen molar-refractivity contribution in [3.63, 3.8) is 0 Å². The van der Waals surface area contributed by atoms with E-state index in [0.29, 0.717) is 6.42 Å². The summed E-state index contributed by atoms with van der Waals surface area (Å²) >= 11 is 0. The molecule has 2 rings (SSSR count). The molecule has 0 amide bonds. The highest BCUT2D eigenvalue weighted by Crippen LogP contribution is 2.24. The topological polar surface area (TPSA) is 67.2 Å². The molecule has 0 aliphatic carbocycles. The van der Waals surface area contributed by atoms with Gasteiger partial charge in [-0.25, -0.2) is 4.98 Å². The number of aliphatic carboxylic acids is 1. The summed E-state index contributed by atoms with van der Waals surface area (Å²) in [6.07, 6.45) is 4.58. The lowest BCUT2D eigenvalue weighted by Crippen LogP contribution is -2.44. The molecule has 2 atom stereocenters. The Labute approximate surface area is 101 Å². The fraction of sp³-hybridized carbons (Fsp3) is 0.667. The standard InChI is InChI=1S/C12H19N3O2/c1-3-4-5-15-7-13-9-6-10(12(16)17)14-8(2)11(9)15/h7-8,10,14H,3-6H2,1-2H3,(H,16,17). The van der Waals surface area contributed by atoms with E-state index in [1.165, 1.54) is 0 Å². The van der Waals surface area contributed by atoms with Crippen molar-refractivity contribution in [1.82, 2.24) is 14.9 Å². The fourth-order valence-corrected chi connectivity index (χ4v) is 2.39. The normalized spacial score (nSPS) is 23.4. The van der Waals surface area contributed by atoms with Crippen LogP contribution in [0.2, 0.25) is 0 Å². The number of unbranched alkanes of at least 4 members (excludes halogenated alkanes) is 1. The van der Waals surface area contributed by atoms with E-state index in [-0.39, 0.29) is 6.04 Å². The second-order valence-corrected chi connectivity index (χ2v) is 4.61. The first-order valence-corrected chi connectivity index (χ1v) is 6.16. The van der Waals surface area contributed by atoms with Crippen LogP contribution in [0, 0.1) is 0 Å². The number of fused-ring (bicyclic) bond motifs is 1. The van der Waals surface area contributed by atoms with Gasteiger partial charge in [0.25, 0.3) is 0 Å². The number of carboxylic acid groups (broad SMARTS) is 1. The molecular formula is C12H19N3O2. The first-order chi connectivity index (χ1) is 8.13. The van der Waals surface area contributed by atoms with Gasteiger partial charge >= 0.3 is 5.97 Å². The molecule has 0 saturated heterocycles. The van der Waals surface area contributed by atoms with Crippen LogP contribution in [-0.4, -0.2) is 26.7 Å². The van der Waals surface area contributed by atoms with Crippen LogP contribution in [0.15, 0.2) is 6.33 Å². The van der Waals surface area contributed by atoms with Crippen LogP contribution in [0.3, 0.4) is 0 Å². The molecule has 1 aromatic heterocycles. The van der Waals surface area contributed by atoms with Crippen molar-refractivity contribution < 1.29 is 9.90 Å². The van der Waals surface area contributed by atoms with E-state index in [1.807, 2.05) is 13.3 Å². The number of imidazole rings is 1. The van der Waals surface area contributed by atoms with Crippen molar-refractivity contribution >= 4 is 5.97 Å². The van der Waals surface area contributed by atoms with Gasteiger partial charge in [-0.05, 0) is 13.3 Å². The number of rotatable bonds is 4. The molecule has 2 heterocycles. The van der Waals surface area contributed by atoms with Crippen LogP contribution in [0.1, 0.15) is 44.1 Å². The van der Waals surface area contributed by atoms with Crippen LogP contribution in [0.4, 0.5) is 0 Å². The van der Waals surface area contributed by atoms with Gasteiger partial charge in [-0.3, -0.25) is 10.1 Å². The highest BCUT2D eigenvalue weighted by Gasteiger charge is 2.31. The summed E-state index contributed by atoms with van der Waals surface area (Å²) in [5.74, 6) is -0.800. The van der Waals surface area contributed by atoms with Gasteiger partial charge < -0.3 is 9.67 Å². The van der Waals surface area contributed by atoms with E-state index < -0.39 is 12.0 Å². The molecule has 0 spiro atoms. The Balaban J connectivity index is 2.21. The summed E-state index contributed by atoms with van der Waals surface area (Å²) < 4.78 is 2.15. The first-order valence-electron chi connectivity index (χ1n) is 6.16. The molecule has 0 saturated carbocycles. The number of carbonyl (C=O) groups is 1. The van der Waals surface area contributed by atoms with Crippen molar-refractivity contribution in [3.8, 4) is 0 Å². The largest absolute Gasteiger partial charge is 0.480 e. The molecule has 0 radical (unpaired) electrons. The van der Waals surface area contributed by atoms with Gasteiger partial charge in [-0.2, -0.15) is 0 Å². The Hall–Kier alpha value is -1.36. The van der Waals surface area contributed by atoms with Gasteiger partial charge in [0, 0.05) is 19.0 Å². The maximum Gasteiger partial charge on any atom is 0.321 e. The molecule has 2 N–H and O–H groups in total. The SMILES string of the molecule is CCCCn1cnc2c1C(C)NC(C(=O)O)C2. The van der Waals surface area contributed by atoms with Crippen molar-refractivity contribution in [2.45, 2.75) is 51.7 Å². The van der Waals surface area contributed by atoms with Crippen LogP contribution in [-0.2, 0) is 17.8 Å². The van der Waals surface area contributed by atoms with Gasteiger partial charge in [0.15, 0.2) is 0 Å². The van der Waals surface area contributed by atoms with Crippen LogP contribution >= 0.6 is 0 Å². The number of aryl methyl sites for hydroxylation is 1. The number of hydrogen-bond acceptors (Lipinski definition) is 3. The molecule has 5 heteroatoms. The lowest BCUT2D eigenvalue weighted by atomic mass is 10.00. The summed E-state index contributed by atoms with van der Waals surface area (Å²) in [7, 11) is 0. The van der Waals surface area contributed by atoms with Crippen LogP contribution < -0.4 is 5.32 Å². The molecule has 94 valence electrons. The van der Waals surface area contributed by atoms with Crippen LogP contribution in [0.25, 0.3) is 0 Å². The molecule has 0 fully saturated rings. The van der Waals surface area contributed by atoms with Gasteiger partial charge in [0.05, 0.1) is 17.7 Å². The Bertz CT molecular complexity index is 414. The Morgan fingerprint density at radius 1 is 1.71 bits per heavy atom. The zero-order valence-electron chi connectivity index (χ0n) is 10.3. The first kappa shape index (κ1) is 12.1. The predicted octanol–water partition coefficient (Wildman–Crippen LogP) is 1.34. The zero-order valence-corrected chi connectivity index (χ0v) is 10.3. The minimum atomic E-state index is -0.800. The third kappa shape index (κ3) is 2.34. The van der Waals surface area contributed by atoms with E-state index in [0.717, 1.165) is 30.8 Å². The third-order valence-corrected chi connectivity index (χ3v) is 3.27. The summed E-state index contributed by atoms with van der Waals surface area (Å²) in [5.41, 5.74) is 2.08. The molecule has 5 nitrogen and oxygen atoms in total. The van der Waals surface area contributed by atoms with Crippen molar-refractivity contribution in [2.75, 3.05) is 0 Å². The second kappa shape index (κ2) is 4.87. The molecular weight excluding hydrogens is 218 g/mol. The molecule has 17 heavy (non-hydrogen) atoms. The van der Waals surface area contributed by atoms with E-state index in [9.17, 15) is 4.79 Å². The third-order valence-electron chi connectivity index (χ3n) is 3.27. The zero-order chi connectivity index (χ0) is 12.4. The van der Waals surface area contributed by atoms with Crippen molar-refractivity contribution in [3.05, 3.63) is 17.7 Å². The Morgan fingerprint density at radius 2 is 2.47 bits per heavy atom. The minimum Gasteiger partial charge on any atom is -0.480 e. The monoisotopic (exact) mass is 237 g/mol. The predicted molar refractivity (Wildman–Crippen MR) is 63.8 cm³/mol. The average Bonchev–Trinajstić information content (AvgIpc) is 2.69. The summed E-state index contributed by atoms with van der Waals surface area (Å²) in [6.45, 7) is 5.12. The summed E-state index contributed by atoms with van der Waals surface area (Å²) in [5, 5.41) is 12.1. The van der Waals surface area contributed by atoms with Crippen LogP contribution in [0.5, 0.6) is 0 Å². The van der Waals surface area contributed by atoms with Gasteiger partial charge in [0.2, 0.25) is 0 Å². The minimum absolute atomic E-state index is 0.0548. The van der Waals surface area contributed by atoms with E-state index >= 15 is 0 Å². The van der Waals surface area contributed by atoms with E-state index in [4.69, 9.17) is 5.11 Å². The summed E-state index contributed by atoms with van der Waals surface area (Å²) in [6, 6.07) is -0.453. The number of nitrogens with one attached hydrogen (secondary N) is 1. The van der Waals surface area contributed by atoms with Crippen molar-refractivity contribution in [1.29, 1.82) is 0 Å². The highest BCUT2D eigenvalue weighted by atomic mass is 16.4. The quantitative estimate of drug-likeness (QED) is 0.829. The number of nitrogens with zero attached hydrogens (tertiary/aromatic N) is 2. The maximum atomic E-state index is 11.0. The van der Waals surface area contributed by atoms with Gasteiger partial charge in [0.1, 0.15) is 6.04 Å². The average molecular weight is 237 g/mol. The smallest absolute Gasteiger partial charge is 0.321 e. The van der Waals surface area contributed by atoms with Gasteiger partial charge in [-0.15, -0.1) is 0 Å². The van der Waals surface area contributed by atoms with Crippen molar-refractivity contribution in [2.24, 2.45) is 0 Å². The second-order valence-electron chi connectivity index (χ2n) is 4.61. The Morgan fingerprint density at radius 3 is 3.12 bits per heavy atom. The molecule has 0 aromatic carbocycles. The highest BCUT2D eigenvalue weighted by molar-refractivity contribution is 5.74. The molecule has 1 aliphatic rings. The summed E-state index contributed by atoms with van der Waals surface area (Å²) in [4.78, 5) is 15.3. The lowest BCUT2D eigenvalue weighted by Gasteiger charge is -2.27. The van der Waals surface area contributed by atoms with Gasteiger partial charge in [-0.1, -0.05) is 13.3 Å². The van der Waals surface area contributed by atoms with E-state index in [2.05, 4.69) is 21.8 Å². The lowest BCUT2D eigenvalue weighted by molar-refractivity contribution is -0.139. The van der Waals surface area contributed by atoms with E-state index in [1.54, 1.807) is 0 Å². The molecule has 1 aliphatic heterocycles. The molecule has 1 aromatic rings. The molecule has 0 bridgehead atoms. The number of carboxylic acids is 1. The number of aromatic nitrogens is 2. The number of hydrogen-bond donors (Lipinski definition) is 2. The maximum absolute atomic E-state index is 11.0. The fourth-order valence-electron chi connectivity index (χ4n) is 2.39.